The highest BCUT2D eigenvalue weighted by Gasteiger charge is 2.62. The fourth-order valence-corrected chi connectivity index (χ4v) is 7.02. The van der Waals surface area contributed by atoms with E-state index in [0.717, 1.165) is 32.1 Å². The molecule has 4 rings (SSSR count). The van der Waals surface area contributed by atoms with E-state index in [1.54, 1.807) is 0 Å². The maximum atomic E-state index is 12.5. The van der Waals surface area contributed by atoms with Crippen molar-refractivity contribution in [1.29, 1.82) is 0 Å². The molecule has 0 aromatic carbocycles. The molecular formula is C19H30O3. The molecule has 0 spiro atoms. The van der Waals surface area contributed by atoms with Gasteiger partial charge in [-0.3, -0.25) is 4.79 Å². The van der Waals surface area contributed by atoms with Crippen LogP contribution in [0.25, 0.3) is 0 Å². The van der Waals surface area contributed by atoms with Gasteiger partial charge in [0.1, 0.15) is 6.10 Å². The number of hydrogen-bond acceptors (Lipinski definition) is 3. The van der Waals surface area contributed by atoms with Crippen molar-refractivity contribution < 1.29 is 15.0 Å². The molecule has 0 amide bonds. The van der Waals surface area contributed by atoms with Gasteiger partial charge in [0.2, 0.25) is 0 Å². The van der Waals surface area contributed by atoms with E-state index in [1.165, 1.54) is 12.8 Å². The van der Waals surface area contributed by atoms with E-state index in [-0.39, 0.29) is 17.3 Å². The summed E-state index contributed by atoms with van der Waals surface area (Å²) in [6.07, 6.45) is 7.43. The largest absolute Gasteiger partial charge is 0.393 e. The molecule has 0 saturated heterocycles. The Labute approximate surface area is 133 Å². The van der Waals surface area contributed by atoms with Gasteiger partial charge >= 0.3 is 0 Å². The molecule has 0 bridgehead atoms. The lowest BCUT2D eigenvalue weighted by molar-refractivity contribution is -0.144. The first-order chi connectivity index (χ1) is 10.4. The minimum absolute atomic E-state index is 0.0987. The number of rotatable bonds is 0. The Balaban J connectivity index is 1.64. The fourth-order valence-electron chi connectivity index (χ4n) is 7.02. The van der Waals surface area contributed by atoms with Gasteiger partial charge in [-0.2, -0.15) is 0 Å². The highest BCUT2D eigenvalue weighted by atomic mass is 16.3. The van der Waals surface area contributed by atoms with Crippen molar-refractivity contribution in [3.05, 3.63) is 0 Å². The summed E-state index contributed by atoms with van der Waals surface area (Å²) < 4.78 is 0. The Kier molecular flexibility index (Phi) is 3.30. The van der Waals surface area contributed by atoms with Crippen LogP contribution in [0.1, 0.15) is 65.2 Å². The van der Waals surface area contributed by atoms with Crippen LogP contribution in [-0.2, 0) is 4.79 Å². The zero-order valence-electron chi connectivity index (χ0n) is 13.9. The second kappa shape index (κ2) is 4.80. The zero-order valence-corrected chi connectivity index (χ0v) is 13.9. The van der Waals surface area contributed by atoms with E-state index in [0.29, 0.717) is 35.5 Å². The Morgan fingerprint density at radius 2 is 1.73 bits per heavy atom. The molecule has 4 fully saturated rings. The summed E-state index contributed by atoms with van der Waals surface area (Å²) in [5, 5.41) is 20.2. The van der Waals surface area contributed by atoms with Crippen LogP contribution >= 0.6 is 0 Å². The van der Waals surface area contributed by atoms with E-state index in [2.05, 4.69) is 13.8 Å². The Morgan fingerprint density at radius 3 is 2.50 bits per heavy atom. The zero-order chi connectivity index (χ0) is 15.7. The summed E-state index contributed by atoms with van der Waals surface area (Å²) in [6.45, 7) is 4.57. The molecule has 22 heavy (non-hydrogen) atoms. The second-order valence-corrected chi connectivity index (χ2v) is 9.16. The lowest BCUT2D eigenvalue weighted by Crippen LogP contribution is -2.54. The average Bonchev–Trinajstić information content (AvgIpc) is 2.72. The number of carbonyl (C=O) groups is 1. The number of Topliss-reactive ketones (excluding diaryl/α,β-unsaturated/α-hetero) is 1. The van der Waals surface area contributed by atoms with E-state index >= 15 is 0 Å². The highest BCUT2D eigenvalue weighted by molar-refractivity contribution is 5.91. The van der Waals surface area contributed by atoms with Crippen LogP contribution in [0, 0.1) is 34.5 Å². The lowest BCUT2D eigenvalue weighted by atomic mass is 9.45. The fraction of sp³-hybridized carbons (Fsp3) is 0.947. The van der Waals surface area contributed by atoms with Crippen molar-refractivity contribution in [3.63, 3.8) is 0 Å². The number of carbonyl (C=O) groups excluding carboxylic acids is 1. The summed E-state index contributed by atoms with van der Waals surface area (Å²) in [4.78, 5) is 12.5. The van der Waals surface area contributed by atoms with Crippen molar-refractivity contribution in [1.82, 2.24) is 0 Å². The summed E-state index contributed by atoms with van der Waals surface area (Å²) >= 11 is 0. The van der Waals surface area contributed by atoms with Gasteiger partial charge in [0.05, 0.1) is 6.10 Å². The predicted molar refractivity (Wildman–Crippen MR) is 84.1 cm³/mol. The van der Waals surface area contributed by atoms with Gasteiger partial charge < -0.3 is 10.2 Å². The first-order valence-electron chi connectivity index (χ1n) is 9.26. The SMILES string of the molecule is C[C@]12CC[C@@H](O)C[C@@H]1CC[C@@H]1[C@@H]2CC[C@]2(C)C(=O)[C@@H](O)C[C@@H]12. The Hall–Kier alpha value is -0.410. The molecule has 4 aliphatic rings. The monoisotopic (exact) mass is 306 g/mol. The molecule has 0 radical (unpaired) electrons. The number of hydrogen-bond donors (Lipinski definition) is 2. The van der Waals surface area contributed by atoms with Crippen LogP contribution in [0.3, 0.4) is 0 Å². The number of aliphatic hydroxyl groups excluding tert-OH is 2. The van der Waals surface area contributed by atoms with Gasteiger partial charge in [-0.15, -0.1) is 0 Å². The van der Waals surface area contributed by atoms with E-state index in [4.69, 9.17) is 0 Å². The minimum atomic E-state index is -0.715. The number of aliphatic hydroxyl groups is 2. The molecule has 0 unspecified atom stereocenters. The maximum Gasteiger partial charge on any atom is 0.167 e. The maximum absolute atomic E-state index is 12.5. The van der Waals surface area contributed by atoms with Gasteiger partial charge in [-0.05, 0) is 80.5 Å². The van der Waals surface area contributed by atoms with E-state index in [1.807, 2.05) is 0 Å². The van der Waals surface area contributed by atoms with Crippen LogP contribution in [0.2, 0.25) is 0 Å². The summed E-state index contributed by atoms with van der Waals surface area (Å²) in [6, 6.07) is 0. The highest BCUT2D eigenvalue weighted by Crippen LogP contribution is 2.65. The third kappa shape index (κ3) is 1.84. The van der Waals surface area contributed by atoms with Crippen molar-refractivity contribution in [2.45, 2.75) is 77.4 Å². The first-order valence-corrected chi connectivity index (χ1v) is 9.26. The summed E-state index contributed by atoms with van der Waals surface area (Å²) in [5.41, 5.74) is 0.0814. The Bertz CT molecular complexity index is 489. The second-order valence-electron chi connectivity index (χ2n) is 9.16. The number of ketones is 1. The van der Waals surface area contributed by atoms with Gasteiger partial charge in [0, 0.05) is 5.41 Å². The molecule has 4 saturated carbocycles. The van der Waals surface area contributed by atoms with Gasteiger partial charge in [-0.1, -0.05) is 13.8 Å². The van der Waals surface area contributed by atoms with Crippen molar-refractivity contribution >= 4 is 5.78 Å². The third-order valence-corrected chi connectivity index (χ3v) is 8.37. The van der Waals surface area contributed by atoms with Crippen molar-refractivity contribution in [3.8, 4) is 0 Å². The third-order valence-electron chi connectivity index (χ3n) is 8.37. The van der Waals surface area contributed by atoms with Crippen LogP contribution in [0.15, 0.2) is 0 Å². The molecule has 0 heterocycles. The topological polar surface area (TPSA) is 57.5 Å². The molecule has 4 aliphatic carbocycles. The summed E-state index contributed by atoms with van der Waals surface area (Å²) in [7, 11) is 0. The Morgan fingerprint density at radius 1 is 0.955 bits per heavy atom. The van der Waals surface area contributed by atoms with E-state index < -0.39 is 6.10 Å². The molecule has 3 nitrogen and oxygen atoms in total. The van der Waals surface area contributed by atoms with Gasteiger partial charge in [-0.25, -0.2) is 0 Å². The van der Waals surface area contributed by atoms with Crippen LogP contribution < -0.4 is 0 Å². The first kappa shape index (κ1) is 15.1. The van der Waals surface area contributed by atoms with Crippen LogP contribution in [0.5, 0.6) is 0 Å². The van der Waals surface area contributed by atoms with Crippen LogP contribution in [0.4, 0.5) is 0 Å². The van der Waals surface area contributed by atoms with Crippen molar-refractivity contribution in [2.75, 3.05) is 0 Å². The predicted octanol–water partition coefficient (Wildman–Crippen LogP) is 2.93. The minimum Gasteiger partial charge on any atom is -0.393 e. The quantitative estimate of drug-likeness (QED) is 0.723. The normalized spacial score (nSPS) is 57.9. The van der Waals surface area contributed by atoms with Crippen molar-refractivity contribution in [2.24, 2.45) is 34.5 Å². The molecule has 3 heteroatoms. The molecule has 2 N–H and O–H groups in total. The molecule has 124 valence electrons. The molecule has 0 aromatic rings. The molecule has 0 aromatic heterocycles. The molecular weight excluding hydrogens is 276 g/mol. The van der Waals surface area contributed by atoms with Crippen LogP contribution in [-0.4, -0.2) is 28.2 Å². The standard InChI is InChI=1S/C19H30O3/c1-18-7-5-12(20)9-11(18)3-4-13-14(18)6-8-19(2)15(13)10-16(21)17(19)22/h11-16,20-21H,3-10H2,1-2H3/t11-,12+,13+,14-,15-,16-,18-,19-/m0/s1. The smallest absolute Gasteiger partial charge is 0.167 e. The average molecular weight is 306 g/mol. The summed E-state index contributed by atoms with van der Waals surface area (Å²) in [5.74, 6) is 2.45. The van der Waals surface area contributed by atoms with E-state index in [9.17, 15) is 15.0 Å². The van der Waals surface area contributed by atoms with Gasteiger partial charge in [0.15, 0.2) is 5.78 Å². The lowest BCUT2D eigenvalue weighted by Gasteiger charge is -2.59. The van der Waals surface area contributed by atoms with Gasteiger partial charge in [0.25, 0.3) is 0 Å². The molecule has 8 atom stereocenters. The number of fused-ring (bicyclic) bond motifs is 5. The molecule has 0 aliphatic heterocycles.